The van der Waals surface area contributed by atoms with Gasteiger partial charge in [0, 0.05) is 0 Å². The largest absolute Gasteiger partial charge is 0.497 e. The van der Waals surface area contributed by atoms with Gasteiger partial charge in [-0.15, -0.1) is 0 Å². The van der Waals surface area contributed by atoms with Gasteiger partial charge >= 0.3 is 0 Å². The van der Waals surface area contributed by atoms with Crippen LogP contribution in [-0.4, -0.2) is 30.4 Å². The second-order valence-corrected chi connectivity index (χ2v) is 6.69. The van der Waals surface area contributed by atoms with Crippen molar-refractivity contribution >= 4 is 44.1 Å². The first-order chi connectivity index (χ1) is 10.5. The molecule has 0 saturated carbocycles. The molecule has 1 aromatic carbocycles. The lowest BCUT2D eigenvalue weighted by atomic mass is 10.1. The number of hydrogen-bond acceptors (Lipinski definition) is 6. The van der Waals surface area contributed by atoms with E-state index in [2.05, 4.69) is 26.2 Å². The van der Waals surface area contributed by atoms with E-state index in [1.807, 2.05) is 0 Å². The van der Waals surface area contributed by atoms with E-state index in [0.717, 1.165) is 3.79 Å². The molecule has 2 aromatic rings. The van der Waals surface area contributed by atoms with Gasteiger partial charge in [0.2, 0.25) is 0 Å². The number of Topliss-reactive ketones (excluding diaryl/α,β-unsaturated/α-hetero) is 1. The van der Waals surface area contributed by atoms with Crippen LogP contribution in [0.4, 0.5) is 5.13 Å². The zero-order chi connectivity index (χ0) is 16.1. The molecule has 0 saturated heterocycles. The summed E-state index contributed by atoms with van der Waals surface area (Å²) in [5, 5.41) is 3.13. The minimum Gasteiger partial charge on any atom is -0.497 e. The van der Waals surface area contributed by atoms with Gasteiger partial charge in [-0.25, -0.2) is 4.98 Å². The number of carbonyl (C=O) groups excluding carboxylic acids is 2. The van der Waals surface area contributed by atoms with E-state index in [9.17, 15) is 9.59 Å². The van der Waals surface area contributed by atoms with E-state index in [4.69, 9.17) is 9.47 Å². The maximum Gasteiger partial charge on any atom is 0.261 e. The van der Waals surface area contributed by atoms with Crippen LogP contribution in [0.2, 0.25) is 0 Å². The normalized spacial score (nSPS) is 10.1. The van der Waals surface area contributed by atoms with Gasteiger partial charge in [-0.1, -0.05) is 11.3 Å². The number of ketones is 1. The molecule has 0 aliphatic heterocycles. The molecule has 8 heteroatoms. The predicted molar refractivity (Wildman–Crippen MR) is 86.9 cm³/mol. The molecule has 116 valence electrons. The zero-order valence-electron chi connectivity index (χ0n) is 11.9. The number of aromatic nitrogens is 1. The van der Waals surface area contributed by atoms with Gasteiger partial charge in [0.05, 0.1) is 22.7 Å². The summed E-state index contributed by atoms with van der Waals surface area (Å²) < 4.78 is 11.3. The molecular weight excluding hydrogens is 372 g/mol. The predicted octanol–water partition coefficient (Wildman–Crippen LogP) is 3.13. The van der Waals surface area contributed by atoms with Crippen molar-refractivity contribution in [2.75, 3.05) is 19.0 Å². The Morgan fingerprint density at radius 3 is 2.77 bits per heavy atom. The number of nitrogens with zero attached hydrogens (tertiary/aromatic N) is 1. The van der Waals surface area contributed by atoms with Gasteiger partial charge in [-0.2, -0.15) is 0 Å². The van der Waals surface area contributed by atoms with Gasteiger partial charge in [0.15, 0.2) is 10.9 Å². The van der Waals surface area contributed by atoms with Crippen molar-refractivity contribution in [2.24, 2.45) is 0 Å². The Hall–Kier alpha value is -1.93. The van der Waals surface area contributed by atoms with Crippen molar-refractivity contribution in [3.8, 4) is 11.5 Å². The van der Waals surface area contributed by atoms with Crippen LogP contribution in [0, 0.1) is 0 Å². The van der Waals surface area contributed by atoms with Crippen LogP contribution >= 0.6 is 27.3 Å². The number of nitrogens with one attached hydrogen (secondary N) is 1. The molecule has 0 aliphatic carbocycles. The van der Waals surface area contributed by atoms with Crippen molar-refractivity contribution in [1.82, 2.24) is 4.98 Å². The van der Waals surface area contributed by atoms with Crippen molar-refractivity contribution < 1.29 is 19.1 Å². The number of anilines is 1. The van der Waals surface area contributed by atoms with Crippen LogP contribution < -0.4 is 14.8 Å². The van der Waals surface area contributed by atoms with E-state index < -0.39 is 0 Å². The number of rotatable bonds is 6. The Morgan fingerprint density at radius 2 is 2.18 bits per heavy atom. The molecule has 1 aromatic heterocycles. The van der Waals surface area contributed by atoms with Crippen LogP contribution in [0.15, 0.2) is 28.2 Å². The average molecular weight is 385 g/mol. The van der Waals surface area contributed by atoms with Crippen molar-refractivity contribution in [3.05, 3.63) is 33.7 Å². The summed E-state index contributed by atoms with van der Waals surface area (Å²) in [5.74, 6) is 0.301. The van der Waals surface area contributed by atoms with E-state index in [0.29, 0.717) is 16.6 Å². The van der Waals surface area contributed by atoms with E-state index in [1.165, 1.54) is 25.4 Å². The lowest BCUT2D eigenvalue weighted by Crippen LogP contribution is -2.15. The second-order valence-electron chi connectivity index (χ2n) is 4.28. The van der Waals surface area contributed by atoms with Crippen LogP contribution in [0.3, 0.4) is 0 Å². The number of ether oxygens (including phenoxy) is 2. The van der Waals surface area contributed by atoms with Crippen molar-refractivity contribution in [2.45, 2.75) is 6.92 Å². The minimum absolute atomic E-state index is 0.102. The Morgan fingerprint density at radius 1 is 1.41 bits per heavy atom. The summed E-state index contributed by atoms with van der Waals surface area (Å²) in [6.45, 7) is 1.31. The third-order valence-corrected chi connectivity index (χ3v) is 3.95. The molecular formula is C14H13BrN2O4S. The van der Waals surface area contributed by atoms with Crippen LogP contribution in [-0.2, 0) is 4.79 Å². The van der Waals surface area contributed by atoms with Gasteiger partial charge < -0.3 is 9.47 Å². The van der Waals surface area contributed by atoms with Crippen molar-refractivity contribution in [1.29, 1.82) is 0 Å². The van der Waals surface area contributed by atoms with E-state index >= 15 is 0 Å². The topological polar surface area (TPSA) is 77.5 Å². The first-order valence-corrected chi connectivity index (χ1v) is 7.83. The fraction of sp³-hybridized carbons (Fsp3) is 0.214. The SMILES string of the molecule is COc1ccc(OCC(C)=O)c(C(=O)Nc2ncc(Br)s2)c1. The molecule has 22 heavy (non-hydrogen) atoms. The standard InChI is InChI=1S/C14H13BrN2O4S/c1-8(18)7-21-11-4-3-9(20-2)5-10(11)13(19)17-14-16-6-12(15)22-14/h3-6H,7H2,1-2H3,(H,16,17,19). The molecule has 0 fully saturated rings. The molecule has 0 atom stereocenters. The smallest absolute Gasteiger partial charge is 0.261 e. The van der Waals surface area contributed by atoms with Crippen LogP contribution in [0.1, 0.15) is 17.3 Å². The number of amides is 1. The van der Waals surface area contributed by atoms with Gasteiger partial charge in [-0.05, 0) is 41.1 Å². The quantitative estimate of drug-likeness (QED) is 0.827. The van der Waals surface area contributed by atoms with Crippen LogP contribution in [0.25, 0.3) is 0 Å². The fourth-order valence-corrected chi connectivity index (χ4v) is 2.70. The number of carbonyl (C=O) groups is 2. The molecule has 0 bridgehead atoms. The first kappa shape index (κ1) is 16.4. The van der Waals surface area contributed by atoms with E-state index in [1.54, 1.807) is 24.4 Å². The number of hydrogen-bond donors (Lipinski definition) is 1. The summed E-state index contributed by atoms with van der Waals surface area (Å²) in [7, 11) is 1.51. The minimum atomic E-state index is -0.390. The fourth-order valence-electron chi connectivity index (χ4n) is 1.60. The Kier molecular flexibility index (Phi) is 5.51. The zero-order valence-corrected chi connectivity index (χ0v) is 14.3. The Labute approximate surface area is 139 Å². The van der Waals surface area contributed by atoms with Crippen molar-refractivity contribution in [3.63, 3.8) is 0 Å². The highest BCUT2D eigenvalue weighted by molar-refractivity contribution is 9.11. The van der Waals surface area contributed by atoms with Gasteiger partial charge in [-0.3, -0.25) is 14.9 Å². The number of thiazole rings is 1. The molecule has 1 N–H and O–H groups in total. The first-order valence-electron chi connectivity index (χ1n) is 6.22. The molecule has 0 aliphatic rings. The third kappa shape index (κ3) is 4.28. The molecule has 6 nitrogen and oxygen atoms in total. The summed E-state index contributed by atoms with van der Waals surface area (Å²) in [6.07, 6.45) is 1.60. The summed E-state index contributed by atoms with van der Waals surface area (Å²) in [5.41, 5.74) is 0.270. The van der Waals surface area contributed by atoms with Crippen LogP contribution in [0.5, 0.6) is 11.5 Å². The third-order valence-electron chi connectivity index (χ3n) is 2.56. The average Bonchev–Trinajstić information content (AvgIpc) is 2.89. The lowest BCUT2D eigenvalue weighted by molar-refractivity contribution is -0.118. The summed E-state index contributed by atoms with van der Waals surface area (Å²) >= 11 is 4.57. The van der Waals surface area contributed by atoms with Gasteiger partial charge in [0.25, 0.3) is 5.91 Å². The van der Waals surface area contributed by atoms with Gasteiger partial charge in [0.1, 0.15) is 18.1 Å². The number of methoxy groups -OCH3 is 1. The summed E-state index contributed by atoms with van der Waals surface area (Å²) in [6, 6.07) is 4.80. The Balaban J connectivity index is 2.25. The molecule has 1 amide bonds. The highest BCUT2D eigenvalue weighted by Crippen LogP contribution is 2.27. The highest BCUT2D eigenvalue weighted by atomic mass is 79.9. The monoisotopic (exact) mass is 384 g/mol. The summed E-state index contributed by atoms with van der Waals surface area (Å²) in [4.78, 5) is 27.5. The lowest BCUT2D eigenvalue weighted by Gasteiger charge is -2.11. The molecule has 0 spiro atoms. The highest BCUT2D eigenvalue weighted by Gasteiger charge is 2.16. The van der Waals surface area contributed by atoms with E-state index in [-0.39, 0.29) is 23.9 Å². The molecule has 2 rings (SSSR count). The second kappa shape index (κ2) is 7.37. The molecule has 0 unspecified atom stereocenters. The Bertz CT molecular complexity index is 702. The number of benzene rings is 1. The molecule has 1 heterocycles. The maximum absolute atomic E-state index is 12.4. The number of halogens is 1. The maximum atomic E-state index is 12.4. The molecule has 0 radical (unpaired) electrons.